The smallest absolute Gasteiger partial charge is 0.167 e. The molecule has 2 aromatic rings. The van der Waals surface area contributed by atoms with Gasteiger partial charge in [-0.3, -0.25) is 0 Å². The van der Waals surface area contributed by atoms with Crippen LogP contribution in [-0.4, -0.2) is 13.7 Å². The molecule has 1 atom stereocenters. The van der Waals surface area contributed by atoms with Gasteiger partial charge in [0.15, 0.2) is 11.6 Å². The van der Waals surface area contributed by atoms with E-state index in [-0.39, 0.29) is 17.6 Å². The number of halogens is 1. The molecule has 0 amide bonds. The van der Waals surface area contributed by atoms with Crippen molar-refractivity contribution in [3.8, 4) is 11.5 Å². The Morgan fingerprint density at radius 1 is 1.19 bits per heavy atom. The highest BCUT2D eigenvalue weighted by Gasteiger charge is 2.09. The minimum atomic E-state index is -0.361. The Bertz CT molecular complexity index is 601. The molecule has 0 heterocycles. The standard InChI is InChI=1S/C17H20FNO2/c1-4-21-17-9-8-14(11-16(17)18)19-12(2)13-6-5-7-15(10-13)20-3/h5-12,19H,4H2,1-3H3. The second-order valence-corrected chi connectivity index (χ2v) is 4.72. The summed E-state index contributed by atoms with van der Waals surface area (Å²) in [5.41, 5.74) is 1.79. The molecule has 2 rings (SSSR count). The fourth-order valence-electron chi connectivity index (χ4n) is 2.11. The summed E-state index contributed by atoms with van der Waals surface area (Å²) in [7, 11) is 1.64. The van der Waals surface area contributed by atoms with E-state index in [4.69, 9.17) is 9.47 Å². The highest BCUT2D eigenvalue weighted by Crippen LogP contribution is 2.26. The third-order valence-corrected chi connectivity index (χ3v) is 3.21. The fourth-order valence-corrected chi connectivity index (χ4v) is 2.11. The van der Waals surface area contributed by atoms with Crippen LogP contribution in [0.3, 0.4) is 0 Å². The normalized spacial score (nSPS) is 11.8. The van der Waals surface area contributed by atoms with Crippen molar-refractivity contribution in [2.45, 2.75) is 19.9 Å². The molecule has 0 saturated carbocycles. The first-order valence-electron chi connectivity index (χ1n) is 6.97. The molecule has 112 valence electrons. The average Bonchev–Trinajstić information content (AvgIpc) is 2.50. The lowest BCUT2D eigenvalue weighted by Crippen LogP contribution is -2.07. The molecule has 0 fully saturated rings. The zero-order chi connectivity index (χ0) is 15.2. The largest absolute Gasteiger partial charge is 0.497 e. The van der Waals surface area contributed by atoms with Crippen molar-refractivity contribution in [1.82, 2.24) is 0 Å². The van der Waals surface area contributed by atoms with Crippen molar-refractivity contribution in [3.63, 3.8) is 0 Å². The van der Waals surface area contributed by atoms with Crippen molar-refractivity contribution in [1.29, 1.82) is 0 Å². The number of methoxy groups -OCH3 is 1. The maximum absolute atomic E-state index is 13.8. The molecular weight excluding hydrogens is 269 g/mol. The molecule has 0 aromatic heterocycles. The molecule has 2 aromatic carbocycles. The number of nitrogens with one attached hydrogen (secondary N) is 1. The van der Waals surface area contributed by atoms with E-state index >= 15 is 0 Å². The molecule has 3 nitrogen and oxygen atoms in total. The molecule has 1 N–H and O–H groups in total. The lowest BCUT2D eigenvalue weighted by molar-refractivity contribution is 0.321. The molecule has 0 aliphatic heterocycles. The lowest BCUT2D eigenvalue weighted by Gasteiger charge is -2.17. The summed E-state index contributed by atoms with van der Waals surface area (Å²) in [6.07, 6.45) is 0. The first-order chi connectivity index (χ1) is 10.1. The number of hydrogen-bond acceptors (Lipinski definition) is 3. The number of anilines is 1. The van der Waals surface area contributed by atoms with Crippen LogP contribution >= 0.6 is 0 Å². The molecular formula is C17H20FNO2. The van der Waals surface area contributed by atoms with Gasteiger partial charge in [-0.25, -0.2) is 4.39 Å². The molecule has 1 unspecified atom stereocenters. The van der Waals surface area contributed by atoms with Crippen molar-refractivity contribution < 1.29 is 13.9 Å². The van der Waals surface area contributed by atoms with E-state index in [1.54, 1.807) is 13.2 Å². The van der Waals surface area contributed by atoms with Gasteiger partial charge in [0.1, 0.15) is 5.75 Å². The average molecular weight is 289 g/mol. The first-order valence-corrected chi connectivity index (χ1v) is 6.97. The topological polar surface area (TPSA) is 30.5 Å². The lowest BCUT2D eigenvalue weighted by atomic mass is 10.1. The van der Waals surface area contributed by atoms with Crippen LogP contribution in [0.15, 0.2) is 42.5 Å². The Morgan fingerprint density at radius 3 is 2.67 bits per heavy atom. The molecule has 0 radical (unpaired) electrons. The molecule has 0 aliphatic rings. The molecule has 0 bridgehead atoms. The predicted octanol–water partition coefficient (Wildman–Crippen LogP) is 4.41. The van der Waals surface area contributed by atoms with E-state index in [0.717, 1.165) is 11.3 Å². The second-order valence-electron chi connectivity index (χ2n) is 4.72. The Kier molecular flexibility index (Phi) is 5.04. The molecule has 21 heavy (non-hydrogen) atoms. The van der Waals surface area contributed by atoms with Gasteiger partial charge in [0.2, 0.25) is 0 Å². The van der Waals surface area contributed by atoms with Gasteiger partial charge in [-0.15, -0.1) is 0 Å². The third-order valence-electron chi connectivity index (χ3n) is 3.21. The zero-order valence-corrected chi connectivity index (χ0v) is 12.5. The predicted molar refractivity (Wildman–Crippen MR) is 82.6 cm³/mol. The number of ether oxygens (including phenoxy) is 2. The maximum Gasteiger partial charge on any atom is 0.167 e. The Labute approximate surface area is 124 Å². The van der Waals surface area contributed by atoms with Crippen LogP contribution in [-0.2, 0) is 0 Å². The van der Waals surface area contributed by atoms with Crippen molar-refractivity contribution in [3.05, 3.63) is 53.8 Å². The molecule has 0 saturated heterocycles. The van der Waals surface area contributed by atoms with Crippen LogP contribution in [0.4, 0.5) is 10.1 Å². The molecule has 0 aliphatic carbocycles. The van der Waals surface area contributed by atoms with E-state index in [1.807, 2.05) is 44.2 Å². The van der Waals surface area contributed by atoms with Crippen LogP contribution < -0.4 is 14.8 Å². The van der Waals surface area contributed by atoms with E-state index in [2.05, 4.69) is 5.32 Å². The number of hydrogen-bond donors (Lipinski definition) is 1. The monoisotopic (exact) mass is 289 g/mol. The summed E-state index contributed by atoms with van der Waals surface area (Å²) in [5, 5.41) is 3.27. The van der Waals surface area contributed by atoms with Crippen LogP contribution in [0, 0.1) is 5.82 Å². The molecule has 4 heteroatoms. The van der Waals surface area contributed by atoms with Gasteiger partial charge in [0, 0.05) is 17.8 Å². The van der Waals surface area contributed by atoms with Gasteiger partial charge >= 0.3 is 0 Å². The third kappa shape index (κ3) is 3.88. The van der Waals surface area contributed by atoms with Gasteiger partial charge in [-0.2, -0.15) is 0 Å². The minimum Gasteiger partial charge on any atom is -0.497 e. The summed E-state index contributed by atoms with van der Waals surface area (Å²) in [5.74, 6) is 0.718. The highest BCUT2D eigenvalue weighted by atomic mass is 19.1. The summed E-state index contributed by atoms with van der Waals surface area (Å²) < 4.78 is 24.2. The van der Waals surface area contributed by atoms with Crippen molar-refractivity contribution in [2.75, 3.05) is 19.0 Å². The van der Waals surface area contributed by atoms with Gasteiger partial charge in [-0.1, -0.05) is 12.1 Å². The van der Waals surface area contributed by atoms with Crippen LogP contribution in [0.25, 0.3) is 0 Å². The quantitative estimate of drug-likeness (QED) is 0.854. The van der Waals surface area contributed by atoms with E-state index < -0.39 is 0 Å². The summed E-state index contributed by atoms with van der Waals surface area (Å²) >= 11 is 0. The van der Waals surface area contributed by atoms with E-state index in [9.17, 15) is 4.39 Å². The van der Waals surface area contributed by atoms with Gasteiger partial charge in [0.05, 0.1) is 13.7 Å². The molecule has 0 spiro atoms. The van der Waals surface area contributed by atoms with Crippen molar-refractivity contribution >= 4 is 5.69 Å². The Balaban J connectivity index is 2.11. The van der Waals surface area contributed by atoms with E-state index in [0.29, 0.717) is 12.3 Å². The van der Waals surface area contributed by atoms with Crippen molar-refractivity contribution in [2.24, 2.45) is 0 Å². The first kappa shape index (κ1) is 15.2. The summed E-state index contributed by atoms with van der Waals surface area (Å²) in [6.45, 7) is 4.30. The fraction of sp³-hybridized carbons (Fsp3) is 0.294. The highest BCUT2D eigenvalue weighted by molar-refractivity contribution is 5.49. The van der Waals surface area contributed by atoms with E-state index in [1.165, 1.54) is 6.07 Å². The zero-order valence-electron chi connectivity index (χ0n) is 12.5. The van der Waals surface area contributed by atoms with Crippen LogP contribution in [0.2, 0.25) is 0 Å². The Morgan fingerprint density at radius 2 is 2.00 bits per heavy atom. The maximum atomic E-state index is 13.8. The SMILES string of the molecule is CCOc1ccc(NC(C)c2cccc(OC)c2)cc1F. The summed E-state index contributed by atoms with van der Waals surface area (Å²) in [6, 6.07) is 12.7. The van der Waals surface area contributed by atoms with Crippen LogP contribution in [0.5, 0.6) is 11.5 Å². The number of rotatable bonds is 6. The second kappa shape index (κ2) is 6.97. The van der Waals surface area contributed by atoms with Gasteiger partial charge in [0.25, 0.3) is 0 Å². The minimum absolute atomic E-state index is 0.0393. The Hall–Kier alpha value is -2.23. The van der Waals surface area contributed by atoms with Crippen LogP contribution in [0.1, 0.15) is 25.5 Å². The van der Waals surface area contributed by atoms with Gasteiger partial charge < -0.3 is 14.8 Å². The summed E-state index contributed by atoms with van der Waals surface area (Å²) in [4.78, 5) is 0. The van der Waals surface area contributed by atoms with Gasteiger partial charge in [-0.05, 0) is 43.7 Å². The number of benzene rings is 2.